The van der Waals surface area contributed by atoms with E-state index in [0.29, 0.717) is 11.4 Å². The lowest BCUT2D eigenvalue weighted by molar-refractivity contribution is 0.210. The van der Waals surface area contributed by atoms with Crippen LogP contribution in [0.2, 0.25) is 0 Å². The number of anilines is 3. The van der Waals surface area contributed by atoms with Crippen molar-refractivity contribution in [1.29, 1.82) is 0 Å². The van der Waals surface area contributed by atoms with E-state index in [1.54, 1.807) is 12.1 Å². The third-order valence-electron chi connectivity index (χ3n) is 3.01. The van der Waals surface area contributed by atoms with Gasteiger partial charge in [0.25, 0.3) is 0 Å². The molecule has 0 atom stereocenters. The lowest BCUT2D eigenvalue weighted by Crippen LogP contribution is -2.14. The summed E-state index contributed by atoms with van der Waals surface area (Å²) >= 11 is 0. The first kappa shape index (κ1) is 15.3. The fraction of sp³-hybridized carbons (Fsp3) is 0.118. The molecule has 0 unspecified atom stereocenters. The summed E-state index contributed by atoms with van der Waals surface area (Å²) in [7, 11) is 3.73. The molecule has 0 saturated carbocycles. The molecule has 112 valence electrons. The Morgan fingerprint density at radius 3 is 2.45 bits per heavy atom. The molecule has 4 N–H and O–H groups in total. The van der Waals surface area contributed by atoms with Gasteiger partial charge in [-0.2, -0.15) is 0 Å². The van der Waals surface area contributed by atoms with E-state index in [1.165, 1.54) is 0 Å². The van der Waals surface area contributed by atoms with Crippen molar-refractivity contribution in [2.45, 2.75) is 0 Å². The minimum absolute atomic E-state index is 0.338. The Morgan fingerprint density at radius 1 is 1.18 bits per heavy atom. The van der Waals surface area contributed by atoms with Gasteiger partial charge in [-0.15, -0.1) is 0 Å². The molecular formula is C17H17N3O2. The number of amides is 1. The largest absolute Gasteiger partial charge is 0.465 e. The van der Waals surface area contributed by atoms with Crippen molar-refractivity contribution >= 4 is 23.2 Å². The van der Waals surface area contributed by atoms with Crippen LogP contribution in [-0.2, 0) is 0 Å². The van der Waals surface area contributed by atoms with E-state index in [4.69, 9.17) is 10.8 Å². The zero-order valence-corrected chi connectivity index (χ0v) is 12.4. The van der Waals surface area contributed by atoms with Crippen LogP contribution < -0.4 is 16.0 Å². The minimum atomic E-state index is -1.15. The highest BCUT2D eigenvalue weighted by Crippen LogP contribution is 2.28. The molecule has 2 rings (SSSR count). The smallest absolute Gasteiger partial charge is 0.409 e. The molecule has 0 aliphatic rings. The maximum Gasteiger partial charge on any atom is 0.409 e. The molecular weight excluding hydrogens is 278 g/mol. The topological polar surface area (TPSA) is 78.6 Å². The second-order valence-corrected chi connectivity index (χ2v) is 4.90. The summed E-state index contributed by atoms with van der Waals surface area (Å²) in [6, 6.07) is 13.0. The number of nitrogens with two attached hydrogens (primary N) is 1. The van der Waals surface area contributed by atoms with Crippen molar-refractivity contribution in [2.75, 3.05) is 30.0 Å². The number of rotatable bonds is 2. The van der Waals surface area contributed by atoms with Crippen molar-refractivity contribution in [3.63, 3.8) is 0 Å². The standard InChI is InChI=1S/C17H17N3O2/c1-20(2)16-11-15(19-17(21)22)14(18)10-13(16)9-8-12-6-4-3-5-7-12/h3-7,10-11,19H,18H2,1-2H3,(H,21,22). The summed E-state index contributed by atoms with van der Waals surface area (Å²) in [6.45, 7) is 0. The number of nitrogens with zero attached hydrogens (tertiary/aromatic N) is 1. The summed E-state index contributed by atoms with van der Waals surface area (Å²) in [5, 5.41) is 11.1. The van der Waals surface area contributed by atoms with Crippen molar-refractivity contribution in [1.82, 2.24) is 0 Å². The van der Waals surface area contributed by atoms with Gasteiger partial charge in [0.05, 0.1) is 22.6 Å². The van der Waals surface area contributed by atoms with Crippen LogP contribution in [0.1, 0.15) is 11.1 Å². The Hall–Kier alpha value is -3.13. The molecule has 22 heavy (non-hydrogen) atoms. The minimum Gasteiger partial charge on any atom is -0.465 e. The number of nitrogens with one attached hydrogen (secondary N) is 1. The van der Waals surface area contributed by atoms with Gasteiger partial charge in [-0.05, 0) is 24.3 Å². The van der Waals surface area contributed by atoms with E-state index < -0.39 is 6.09 Å². The fourth-order valence-electron chi connectivity index (χ4n) is 1.96. The molecule has 2 aromatic rings. The van der Waals surface area contributed by atoms with Gasteiger partial charge in [-0.25, -0.2) is 4.79 Å². The van der Waals surface area contributed by atoms with Crippen LogP contribution in [0.3, 0.4) is 0 Å². The van der Waals surface area contributed by atoms with Crippen LogP contribution >= 0.6 is 0 Å². The molecule has 0 fully saturated rings. The molecule has 0 aliphatic heterocycles. The Morgan fingerprint density at radius 2 is 1.86 bits per heavy atom. The number of carbonyl (C=O) groups is 1. The predicted octanol–water partition coefficient (Wildman–Crippen LogP) is 2.82. The number of hydrogen-bond donors (Lipinski definition) is 3. The first-order valence-corrected chi connectivity index (χ1v) is 6.65. The summed E-state index contributed by atoms with van der Waals surface area (Å²) in [5.41, 5.74) is 9.01. The maximum atomic E-state index is 10.8. The Kier molecular flexibility index (Phi) is 4.54. The SMILES string of the molecule is CN(C)c1cc(NC(=O)O)c(N)cc1C#Cc1ccccc1. The van der Waals surface area contributed by atoms with E-state index in [-0.39, 0.29) is 0 Å². The van der Waals surface area contributed by atoms with E-state index in [0.717, 1.165) is 16.8 Å². The van der Waals surface area contributed by atoms with Crippen molar-refractivity contribution in [3.8, 4) is 11.8 Å². The highest BCUT2D eigenvalue weighted by Gasteiger charge is 2.10. The van der Waals surface area contributed by atoms with Crippen molar-refractivity contribution in [2.24, 2.45) is 0 Å². The number of carboxylic acid groups (broad SMARTS) is 1. The van der Waals surface area contributed by atoms with Gasteiger partial charge in [0, 0.05) is 19.7 Å². The predicted molar refractivity (Wildman–Crippen MR) is 89.3 cm³/mol. The average Bonchev–Trinajstić information content (AvgIpc) is 2.47. The quantitative estimate of drug-likeness (QED) is 0.588. The summed E-state index contributed by atoms with van der Waals surface area (Å²) in [4.78, 5) is 12.7. The van der Waals surface area contributed by atoms with Gasteiger partial charge >= 0.3 is 6.09 Å². The molecule has 5 heteroatoms. The van der Waals surface area contributed by atoms with Gasteiger partial charge in [-0.3, -0.25) is 5.32 Å². The van der Waals surface area contributed by atoms with E-state index in [9.17, 15) is 4.79 Å². The van der Waals surface area contributed by atoms with Gasteiger partial charge in [-0.1, -0.05) is 30.0 Å². The molecule has 0 saturated heterocycles. The average molecular weight is 295 g/mol. The first-order valence-electron chi connectivity index (χ1n) is 6.65. The van der Waals surface area contributed by atoms with Gasteiger partial charge in [0.2, 0.25) is 0 Å². The Labute approximate surface area is 129 Å². The maximum absolute atomic E-state index is 10.8. The second-order valence-electron chi connectivity index (χ2n) is 4.90. The molecule has 1 amide bonds. The zero-order valence-electron chi connectivity index (χ0n) is 12.4. The first-order chi connectivity index (χ1) is 10.5. The second kappa shape index (κ2) is 6.55. The molecule has 2 aromatic carbocycles. The van der Waals surface area contributed by atoms with E-state index in [1.807, 2.05) is 49.3 Å². The molecule has 5 nitrogen and oxygen atoms in total. The van der Waals surface area contributed by atoms with Gasteiger partial charge in [0.15, 0.2) is 0 Å². The molecule has 0 aliphatic carbocycles. The van der Waals surface area contributed by atoms with Gasteiger partial charge in [0.1, 0.15) is 0 Å². The summed E-state index contributed by atoms with van der Waals surface area (Å²) in [5.74, 6) is 6.16. The van der Waals surface area contributed by atoms with Crippen molar-refractivity contribution < 1.29 is 9.90 Å². The highest BCUT2D eigenvalue weighted by atomic mass is 16.4. The van der Waals surface area contributed by atoms with Crippen LogP contribution in [0.4, 0.5) is 21.9 Å². The Balaban J connectivity index is 2.45. The van der Waals surface area contributed by atoms with Gasteiger partial charge < -0.3 is 15.7 Å². The van der Waals surface area contributed by atoms with Crippen LogP contribution in [0.15, 0.2) is 42.5 Å². The van der Waals surface area contributed by atoms with Crippen LogP contribution in [0.5, 0.6) is 0 Å². The normalized spacial score (nSPS) is 9.55. The zero-order chi connectivity index (χ0) is 16.1. The summed E-state index contributed by atoms with van der Waals surface area (Å²) < 4.78 is 0. The molecule has 0 radical (unpaired) electrons. The van der Waals surface area contributed by atoms with Crippen LogP contribution in [0.25, 0.3) is 0 Å². The number of hydrogen-bond acceptors (Lipinski definition) is 3. The lowest BCUT2D eigenvalue weighted by Gasteiger charge is -2.17. The number of benzene rings is 2. The summed E-state index contributed by atoms with van der Waals surface area (Å²) in [6.07, 6.45) is -1.15. The molecule has 0 spiro atoms. The monoisotopic (exact) mass is 295 g/mol. The molecule has 0 aromatic heterocycles. The van der Waals surface area contributed by atoms with E-state index >= 15 is 0 Å². The number of nitrogen functional groups attached to an aromatic ring is 1. The lowest BCUT2D eigenvalue weighted by atomic mass is 10.1. The van der Waals surface area contributed by atoms with Crippen LogP contribution in [-0.4, -0.2) is 25.3 Å². The third kappa shape index (κ3) is 3.70. The molecule has 0 bridgehead atoms. The highest BCUT2D eigenvalue weighted by molar-refractivity contribution is 5.90. The third-order valence-corrected chi connectivity index (χ3v) is 3.01. The fourth-order valence-corrected chi connectivity index (χ4v) is 1.96. The van der Waals surface area contributed by atoms with Crippen LogP contribution in [0, 0.1) is 11.8 Å². The Bertz CT molecular complexity index is 744. The molecule has 0 heterocycles. The van der Waals surface area contributed by atoms with E-state index in [2.05, 4.69) is 17.2 Å². The van der Waals surface area contributed by atoms with Crippen molar-refractivity contribution in [3.05, 3.63) is 53.6 Å².